The number of ether oxygens (including phenoxy) is 1. The largest absolute Gasteiger partial charge is 0.438 e. The molecule has 16 heteroatoms. The van der Waals surface area contributed by atoms with E-state index >= 15 is 0 Å². The summed E-state index contributed by atoms with van der Waals surface area (Å²) in [5.74, 6) is 0.433. The van der Waals surface area contributed by atoms with Crippen LogP contribution in [-0.4, -0.2) is 68.9 Å². The van der Waals surface area contributed by atoms with Crippen LogP contribution in [-0.2, 0) is 19.6 Å². The van der Waals surface area contributed by atoms with Crippen LogP contribution < -0.4 is 20.7 Å². The number of amides is 2. The summed E-state index contributed by atoms with van der Waals surface area (Å²) in [5, 5.41) is 20.6. The number of sulfonamides is 1. The minimum Gasteiger partial charge on any atom is -0.438 e. The first-order chi connectivity index (χ1) is 28.2. The Bertz CT molecular complexity index is 2530. The third kappa shape index (κ3) is 9.49. The van der Waals surface area contributed by atoms with Gasteiger partial charge in [-0.2, -0.15) is 10.2 Å². The molecule has 1 saturated carbocycles. The smallest absolute Gasteiger partial charge is 0.300 e. The number of aromatic nitrogens is 4. The summed E-state index contributed by atoms with van der Waals surface area (Å²) in [6.07, 6.45) is 7.21. The molecule has 3 aromatic carbocycles. The fourth-order valence-corrected chi connectivity index (χ4v) is 8.47. The molecule has 0 atom stereocenters. The summed E-state index contributed by atoms with van der Waals surface area (Å²) in [6.45, 7) is 1.03. The molecule has 6 aromatic rings. The Kier molecular flexibility index (Phi) is 12.4. The van der Waals surface area contributed by atoms with Gasteiger partial charge in [0.2, 0.25) is 33.7 Å². The van der Waals surface area contributed by atoms with E-state index in [2.05, 4.69) is 30.9 Å². The molecule has 0 aliphatic heterocycles. The average molecular weight is 802 g/mol. The van der Waals surface area contributed by atoms with E-state index in [4.69, 9.17) is 19.4 Å². The number of para-hydroxylation sites is 2. The number of nitrogens with one attached hydrogen (secondary N) is 3. The van der Waals surface area contributed by atoms with E-state index in [0.717, 1.165) is 47.7 Å². The molecule has 1 aliphatic rings. The first-order valence-corrected chi connectivity index (χ1v) is 20.9. The van der Waals surface area contributed by atoms with Crippen LogP contribution in [0.1, 0.15) is 58.3 Å². The third-order valence-electron chi connectivity index (χ3n) is 9.94. The Labute approximate surface area is 335 Å². The molecular weight excluding hydrogens is 759 g/mol. The zero-order valence-corrected chi connectivity index (χ0v) is 32.7. The SMILES string of the molecule is CCC(=O)N(CC#N)S(=O)(=O)CCCCC(=O)NC1CCC(Nc2nccc(-c3cccnc3Oc3ccc(Nc4nc5ccccc5o4)c4ccccc34)n2)CC1. The lowest BCUT2D eigenvalue weighted by atomic mass is 9.91. The number of hydrogen-bond donors (Lipinski definition) is 3. The topological polar surface area (TPSA) is 205 Å². The van der Waals surface area contributed by atoms with Crippen molar-refractivity contribution in [1.29, 1.82) is 5.26 Å². The Hall–Kier alpha value is -6.60. The molecule has 2 amide bonds. The van der Waals surface area contributed by atoms with Crippen LogP contribution in [0.4, 0.5) is 17.7 Å². The van der Waals surface area contributed by atoms with Crippen molar-refractivity contribution >= 4 is 61.4 Å². The number of rotatable bonds is 16. The van der Waals surface area contributed by atoms with Crippen molar-refractivity contribution in [1.82, 2.24) is 29.6 Å². The van der Waals surface area contributed by atoms with E-state index in [1.807, 2.05) is 78.9 Å². The first kappa shape index (κ1) is 39.6. The van der Waals surface area contributed by atoms with Crippen molar-refractivity contribution in [3.05, 3.63) is 91.3 Å². The second-order valence-corrected chi connectivity index (χ2v) is 16.0. The summed E-state index contributed by atoms with van der Waals surface area (Å²) in [7, 11) is -3.91. The van der Waals surface area contributed by atoms with Crippen molar-refractivity contribution in [3.63, 3.8) is 0 Å². The third-order valence-corrected chi connectivity index (χ3v) is 11.8. The molecule has 3 aromatic heterocycles. The zero-order valence-electron chi connectivity index (χ0n) is 31.9. The van der Waals surface area contributed by atoms with Gasteiger partial charge >= 0.3 is 0 Å². The predicted octanol–water partition coefficient (Wildman–Crippen LogP) is 7.47. The van der Waals surface area contributed by atoms with Gasteiger partial charge in [-0.1, -0.05) is 43.3 Å². The number of carbonyl (C=O) groups excluding carboxylic acids is 2. The van der Waals surface area contributed by atoms with Crippen molar-refractivity contribution in [2.45, 2.75) is 70.4 Å². The maximum Gasteiger partial charge on any atom is 0.300 e. The molecule has 298 valence electrons. The highest BCUT2D eigenvalue weighted by Gasteiger charge is 2.26. The maximum absolute atomic E-state index is 12.7. The number of pyridine rings is 1. The van der Waals surface area contributed by atoms with Crippen molar-refractivity contribution in [2.75, 3.05) is 22.9 Å². The number of nitriles is 1. The summed E-state index contributed by atoms with van der Waals surface area (Å²) in [5.41, 5.74) is 3.62. The van der Waals surface area contributed by atoms with Crippen LogP contribution in [0.15, 0.2) is 95.7 Å². The van der Waals surface area contributed by atoms with Gasteiger partial charge in [0.15, 0.2) is 5.58 Å². The molecule has 7 rings (SSSR count). The Morgan fingerprint density at radius 2 is 1.67 bits per heavy atom. The normalized spacial score (nSPS) is 15.4. The van der Waals surface area contributed by atoms with E-state index in [0.29, 0.717) is 51.2 Å². The van der Waals surface area contributed by atoms with Gasteiger partial charge in [0.25, 0.3) is 6.01 Å². The van der Waals surface area contributed by atoms with Gasteiger partial charge in [-0.25, -0.2) is 27.7 Å². The number of hydrogen-bond acceptors (Lipinski definition) is 13. The summed E-state index contributed by atoms with van der Waals surface area (Å²) in [4.78, 5) is 43.1. The second kappa shape index (κ2) is 18.1. The number of nitrogens with zero attached hydrogens (tertiary/aromatic N) is 6. The summed E-state index contributed by atoms with van der Waals surface area (Å²) >= 11 is 0. The van der Waals surface area contributed by atoms with Crippen molar-refractivity contribution in [3.8, 4) is 29.0 Å². The monoisotopic (exact) mass is 801 g/mol. The minimum atomic E-state index is -3.91. The van der Waals surface area contributed by atoms with Crippen LogP contribution in [0.25, 0.3) is 33.1 Å². The highest BCUT2D eigenvalue weighted by molar-refractivity contribution is 7.89. The molecule has 0 radical (unpaired) electrons. The molecule has 0 bridgehead atoms. The van der Waals surface area contributed by atoms with E-state index in [1.165, 1.54) is 0 Å². The van der Waals surface area contributed by atoms with Crippen LogP contribution in [0.2, 0.25) is 0 Å². The number of benzene rings is 3. The molecule has 1 aliphatic carbocycles. The fourth-order valence-electron chi connectivity index (χ4n) is 6.99. The van der Waals surface area contributed by atoms with E-state index in [-0.39, 0.29) is 43.0 Å². The lowest BCUT2D eigenvalue weighted by Gasteiger charge is -2.29. The molecule has 3 heterocycles. The molecule has 3 N–H and O–H groups in total. The molecule has 15 nitrogen and oxygen atoms in total. The van der Waals surface area contributed by atoms with Gasteiger partial charge in [0, 0.05) is 48.1 Å². The highest BCUT2D eigenvalue weighted by atomic mass is 32.2. The standard InChI is InChI=1S/C42H43N9O6S/c1-2-39(53)51(26-23-43)58(54,55)27-8-7-15-38(52)46-28-16-18-29(19-17-28)47-41-45-25-22-34(48-41)32-12-9-24-44-40(32)56-36-21-20-33(30-10-3-4-11-31(30)36)49-42-50-35-13-5-6-14-37(35)57-42/h3-6,9-14,20-22,24-25,28-29H,2,7-8,15-19,26-27H2,1H3,(H,46,52)(H,49,50)(H,45,47,48). The second-order valence-electron chi connectivity index (χ2n) is 13.9. The highest BCUT2D eigenvalue weighted by Crippen LogP contribution is 2.38. The lowest BCUT2D eigenvalue weighted by Crippen LogP contribution is -2.40. The lowest BCUT2D eigenvalue weighted by molar-refractivity contribution is -0.126. The Morgan fingerprint density at radius 3 is 2.47 bits per heavy atom. The fraction of sp³-hybridized carbons (Fsp3) is 0.310. The van der Waals surface area contributed by atoms with Gasteiger partial charge in [-0.15, -0.1) is 0 Å². The van der Waals surface area contributed by atoms with Crippen molar-refractivity contribution in [2.24, 2.45) is 0 Å². The number of anilines is 3. The molecule has 0 saturated heterocycles. The Morgan fingerprint density at radius 1 is 0.897 bits per heavy atom. The quantitative estimate of drug-likeness (QED) is 0.0642. The van der Waals surface area contributed by atoms with Gasteiger partial charge in [-0.05, 0) is 81.0 Å². The van der Waals surface area contributed by atoms with E-state index < -0.39 is 22.5 Å². The van der Waals surface area contributed by atoms with Crippen molar-refractivity contribution < 1.29 is 27.2 Å². The number of carbonyl (C=O) groups is 2. The average Bonchev–Trinajstić information content (AvgIpc) is 3.66. The predicted molar refractivity (Wildman–Crippen MR) is 220 cm³/mol. The van der Waals surface area contributed by atoms with Crippen LogP contribution in [0.5, 0.6) is 11.6 Å². The number of fused-ring (bicyclic) bond motifs is 2. The molecule has 0 unspecified atom stereocenters. The summed E-state index contributed by atoms with van der Waals surface area (Å²) < 4.78 is 38.1. The maximum atomic E-state index is 12.7. The van der Waals surface area contributed by atoms with E-state index in [1.54, 1.807) is 25.4 Å². The molecule has 0 spiro atoms. The first-order valence-electron chi connectivity index (χ1n) is 19.3. The van der Waals surface area contributed by atoms with Gasteiger partial charge < -0.3 is 25.1 Å². The van der Waals surface area contributed by atoms with Gasteiger partial charge in [0.05, 0.1) is 28.8 Å². The molecular formula is C42H43N9O6S. The Balaban J connectivity index is 0.931. The van der Waals surface area contributed by atoms with Crippen LogP contribution in [0, 0.1) is 11.3 Å². The number of oxazole rings is 1. The van der Waals surface area contributed by atoms with Gasteiger partial charge in [-0.3, -0.25) is 9.59 Å². The molecule has 1 fully saturated rings. The van der Waals surface area contributed by atoms with Crippen LogP contribution >= 0.6 is 0 Å². The number of unbranched alkanes of at least 4 members (excludes halogenated alkanes) is 1. The minimum absolute atomic E-state index is 0.00722. The van der Waals surface area contributed by atoms with Gasteiger partial charge in [0.1, 0.15) is 17.8 Å². The zero-order chi connectivity index (χ0) is 40.5. The van der Waals surface area contributed by atoms with E-state index in [9.17, 15) is 18.0 Å². The van der Waals surface area contributed by atoms with Crippen LogP contribution in [0.3, 0.4) is 0 Å². The molecule has 58 heavy (non-hydrogen) atoms. The summed E-state index contributed by atoms with van der Waals surface area (Å²) in [6, 6.07) is 27.1.